The van der Waals surface area contributed by atoms with Gasteiger partial charge in [0, 0.05) is 43.1 Å². The zero-order valence-electron chi connectivity index (χ0n) is 15.2. The predicted molar refractivity (Wildman–Crippen MR) is 111 cm³/mol. The molecule has 142 valence electrons. The number of aromatic nitrogens is 2. The van der Waals surface area contributed by atoms with Gasteiger partial charge >= 0.3 is 0 Å². The third-order valence-corrected chi connectivity index (χ3v) is 6.89. The molecule has 0 aliphatic carbocycles. The van der Waals surface area contributed by atoms with Crippen LogP contribution in [-0.4, -0.2) is 43.6 Å². The molecule has 2 aromatic carbocycles. The van der Waals surface area contributed by atoms with E-state index in [0.29, 0.717) is 5.52 Å². The van der Waals surface area contributed by atoms with E-state index in [0.717, 1.165) is 48.3 Å². The minimum absolute atomic E-state index is 0.275. The van der Waals surface area contributed by atoms with Crippen molar-refractivity contribution >= 4 is 37.6 Å². The van der Waals surface area contributed by atoms with Crippen molar-refractivity contribution in [2.75, 3.05) is 31.1 Å². The van der Waals surface area contributed by atoms with E-state index in [2.05, 4.69) is 10.2 Å². The van der Waals surface area contributed by atoms with Crippen molar-refractivity contribution in [3.05, 3.63) is 66.9 Å². The molecule has 1 aliphatic rings. The molecular weight excluding hydrogens is 372 g/mol. The Labute approximate surface area is 163 Å². The average molecular weight is 392 g/mol. The molecule has 0 atom stereocenters. The van der Waals surface area contributed by atoms with Gasteiger partial charge in [-0.3, -0.25) is 0 Å². The molecule has 0 radical (unpaired) electrons. The van der Waals surface area contributed by atoms with Crippen molar-refractivity contribution in [3.63, 3.8) is 0 Å². The summed E-state index contributed by atoms with van der Waals surface area (Å²) in [4.78, 5) is 7.39. The zero-order chi connectivity index (χ0) is 19.1. The highest BCUT2D eigenvalue weighted by molar-refractivity contribution is 7.90. The Balaban J connectivity index is 1.82. The standard InChI is InChI=1S/C21H20N4O2S/c26-28(27,16-6-2-1-3-7-16)25-13-10-18-20(25)17-8-4-5-9-19(17)23-21(18)24-14-11-22-12-15-24/h1-10,13,22H,11-12,14-15H2. The van der Waals surface area contributed by atoms with Gasteiger partial charge in [0.2, 0.25) is 0 Å². The van der Waals surface area contributed by atoms with Crippen molar-refractivity contribution in [1.29, 1.82) is 0 Å². The summed E-state index contributed by atoms with van der Waals surface area (Å²) in [7, 11) is -3.70. The number of para-hydroxylation sites is 1. The average Bonchev–Trinajstić information content (AvgIpc) is 3.21. The molecule has 0 spiro atoms. The number of pyridine rings is 1. The fourth-order valence-electron chi connectivity index (χ4n) is 3.83. The van der Waals surface area contributed by atoms with E-state index in [1.54, 1.807) is 30.5 Å². The Morgan fingerprint density at radius 1 is 0.857 bits per heavy atom. The number of nitrogens with one attached hydrogen (secondary N) is 1. The van der Waals surface area contributed by atoms with Gasteiger partial charge in [0.1, 0.15) is 5.82 Å². The molecule has 2 aromatic heterocycles. The second-order valence-electron chi connectivity index (χ2n) is 6.88. The van der Waals surface area contributed by atoms with E-state index >= 15 is 0 Å². The van der Waals surface area contributed by atoms with E-state index in [1.807, 2.05) is 36.4 Å². The summed E-state index contributed by atoms with van der Waals surface area (Å²) < 4.78 is 28.1. The fourth-order valence-corrected chi connectivity index (χ4v) is 5.21. The Morgan fingerprint density at radius 2 is 1.57 bits per heavy atom. The lowest BCUT2D eigenvalue weighted by Gasteiger charge is -2.29. The summed E-state index contributed by atoms with van der Waals surface area (Å²) >= 11 is 0. The Kier molecular flexibility index (Phi) is 4.07. The maximum atomic E-state index is 13.4. The van der Waals surface area contributed by atoms with Crippen LogP contribution in [0.3, 0.4) is 0 Å². The summed E-state index contributed by atoms with van der Waals surface area (Å²) in [5, 5.41) is 5.05. The highest BCUT2D eigenvalue weighted by Crippen LogP contribution is 2.34. The number of benzene rings is 2. The first-order valence-electron chi connectivity index (χ1n) is 9.32. The van der Waals surface area contributed by atoms with Gasteiger partial charge in [-0.2, -0.15) is 0 Å². The van der Waals surface area contributed by atoms with Crippen LogP contribution in [0.5, 0.6) is 0 Å². The van der Waals surface area contributed by atoms with Crippen LogP contribution in [0.4, 0.5) is 5.82 Å². The van der Waals surface area contributed by atoms with E-state index in [-0.39, 0.29) is 4.90 Å². The largest absolute Gasteiger partial charge is 0.353 e. The zero-order valence-corrected chi connectivity index (χ0v) is 16.1. The number of hydrogen-bond acceptors (Lipinski definition) is 5. The van der Waals surface area contributed by atoms with E-state index < -0.39 is 10.0 Å². The minimum Gasteiger partial charge on any atom is -0.353 e. The quantitative estimate of drug-likeness (QED) is 0.581. The molecule has 0 amide bonds. The fraction of sp³-hybridized carbons (Fsp3) is 0.190. The monoisotopic (exact) mass is 392 g/mol. The van der Waals surface area contributed by atoms with Crippen molar-refractivity contribution in [2.24, 2.45) is 0 Å². The second kappa shape index (κ2) is 6.61. The van der Waals surface area contributed by atoms with Crippen LogP contribution in [0, 0.1) is 0 Å². The van der Waals surface area contributed by atoms with Crippen LogP contribution < -0.4 is 10.2 Å². The Morgan fingerprint density at radius 3 is 2.36 bits per heavy atom. The molecule has 5 rings (SSSR count). The number of rotatable bonds is 3. The van der Waals surface area contributed by atoms with Gasteiger partial charge < -0.3 is 10.2 Å². The second-order valence-corrected chi connectivity index (χ2v) is 8.70. The van der Waals surface area contributed by atoms with E-state index in [9.17, 15) is 8.42 Å². The van der Waals surface area contributed by atoms with Gasteiger partial charge in [-0.15, -0.1) is 0 Å². The summed E-state index contributed by atoms with van der Waals surface area (Å²) in [6.45, 7) is 3.46. The van der Waals surface area contributed by atoms with Crippen LogP contribution in [0.15, 0.2) is 71.8 Å². The van der Waals surface area contributed by atoms with Crippen LogP contribution in [0.2, 0.25) is 0 Å². The number of nitrogens with zero attached hydrogens (tertiary/aromatic N) is 3. The van der Waals surface area contributed by atoms with Gasteiger partial charge in [-0.25, -0.2) is 17.4 Å². The minimum atomic E-state index is -3.70. The van der Waals surface area contributed by atoms with Crippen molar-refractivity contribution in [3.8, 4) is 0 Å². The van der Waals surface area contributed by atoms with Gasteiger partial charge in [0.25, 0.3) is 10.0 Å². The number of anilines is 1. The lowest BCUT2D eigenvalue weighted by Crippen LogP contribution is -2.44. The normalized spacial score (nSPS) is 15.4. The smallest absolute Gasteiger partial charge is 0.268 e. The topological polar surface area (TPSA) is 67.2 Å². The first kappa shape index (κ1) is 17.2. The molecule has 1 saturated heterocycles. The van der Waals surface area contributed by atoms with E-state index in [1.165, 1.54) is 3.97 Å². The number of hydrogen-bond donors (Lipinski definition) is 1. The molecule has 28 heavy (non-hydrogen) atoms. The lowest BCUT2D eigenvalue weighted by atomic mass is 10.1. The molecule has 0 bridgehead atoms. The van der Waals surface area contributed by atoms with Gasteiger partial charge in [-0.05, 0) is 24.3 Å². The molecule has 7 heteroatoms. The predicted octanol–water partition coefficient (Wildman–Crippen LogP) is 2.84. The molecule has 1 N–H and O–H groups in total. The molecule has 0 saturated carbocycles. The molecule has 4 aromatic rings. The summed E-state index contributed by atoms with van der Waals surface area (Å²) in [5.74, 6) is 0.845. The van der Waals surface area contributed by atoms with Crippen molar-refractivity contribution in [1.82, 2.24) is 14.3 Å². The SMILES string of the molecule is O=S(=O)(c1ccccc1)n1ccc2c(N3CCNCC3)nc3ccccc3c21. The van der Waals surface area contributed by atoms with Crippen LogP contribution in [0.25, 0.3) is 21.8 Å². The van der Waals surface area contributed by atoms with Gasteiger partial charge in [0.15, 0.2) is 0 Å². The highest BCUT2D eigenvalue weighted by Gasteiger charge is 2.24. The number of fused-ring (bicyclic) bond motifs is 3. The maximum Gasteiger partial charge on any atom is 0.268 e. The van der Waals surface area contributed by atoms with Crippen molar-refractivity contribution < 1.29 is 8.42 Å². The third kappa shape index (κ3) is 2.66. The van der Waals surface area contributed by atoms with Crippen LogP contribution in [-0.2, 0) is 10.0 Å². The first-order valence-corrected chi connectivity index (χ1v) is 10.8. The third-order valence-electron chi connectivity index (χ3n) is 5.20. The molecule has 3 heterocycles. The van der Waals surface area contributed by atoms with Gasteiger partial charge in [0.05, 0.1) is 15.9 Å². The number of piperazine rings is 1. The summed E-state index contributed by atoms with van der Waals surface area (Å²) in [6.07, 6.45) is 1.65. The van der Waals surface area contributed by atoms with Gasteiger partial charge in [-0.1, -0.05) is 36.4 Å². The first-order chi connectivity index (χ1) is 13.7. The summed E-state index contributed by atoms with van der Waals surface area (Å²) in [6, 6.07) is 18.1. The Hall–Kier alpha value is -2.90. The Bertz CT molecular complexity index is 1260. The lowest BCUT2D eigenvalue weighted by molar-refractivity contribution is 0.586. The van der Waals surface area contributed by atoms with Crippen LogP contribution in [0.1, 0.15) is 0 Å². The molecule has 1 aliphatic heterocycles. The molecule has 6 nitrogen and oxygen atoms in total. The van der Waals surface area contributed by atoms with E-state index in [4.69, 9.17) is 4.98 Å². The molecular formula is C21H20N4O2S. The van der Waals surface area contributed by atoms with Crippen molar-refractivity contribution in [2.45, 2.75) is 4.90 Å². The molecule has 0 unspecified atom stereocenters. The van der Waals surface area contributed by atoms with Crippen LogP contribution >= 0.6 is 0 Å². The maximum absolute atomic E-state index is 13.4. The summed E-state index contributed by atoms with van der Waals surface area (Å²) in [5.41, 5.74) is 1.48. The molecule has 1 fully saturated rings. The highest BCUT2D eigenvalue weighted by atomic mass is 32.2.